The molecule has 0 atom stereocenters. The Kier molecular flexibility index (Phi) is 7.40. The summed E-state index contributed by atoms with van der Waals surface area (Å²) < 4.78 is 11.2. The van der Waals surface area contributed by atoms with E-state index in [-0.39, 0.29) is 11.6 Å². The molecule has 1 heterocycles. The van der Waals surface area contributed by atoms with E-state index >= 15 is 0 Å². The first-order chi connectivity index (χ1) is 12.5. The number of thiazole rings is 1. The maximum atomic E-state index is 12.3. The highest BCUT2D eigenvalue weighted by Crippen LogP contribution is 2.28. The van der Waals surface area contributed by atoms with Gasteiger partial charge in [-0.2, -0.15) is 0 Å². The minimum Gasteiger partial charge on any atom is -0.490 e. The highest BCUT2D eigenvalue weighted by Gasteiger charge is 2.12. The van der Waals surface area contributed by atoms with Crippen LogP contribution in [0.1, 0.15) is 46.1 Å². The summed E-state index contributed by atoms with van der Waals surface area (Å²) >= 11 is 1.26. The number of nitrogens with zero attached hydrogens (tertiary/aromatic N) is 1. The SMILES string of the molecule is CCCOc1ccc(C(=O)NCCc2nc(C(=O)O)cs2)cc1OCC. The third kappa shape index (κ3) is 5.45. The van der Waals surface area contributed by atoms with Gasteiger partial charge in [0.25, 0.3) is 5.91 Å². The van der Waals surface area contributed by atoms with Crippen LogP contribution in [-0.4, -0.2) is 41.7 Å². The topological polar surface area (TPSA) is 97.8 Å². The van der Waals surface area contributed by atoms with Gasteiger partial charge in [0.15, 0.2) is 17.2 Å². The number of rotatable bonds is 10. The monoisotopic (exact) mass is 378 g/mol. The Labute approximate surface area is 156 Å². The summed E-state index contributed by atoms with van der Waals surface area (Å²) in [4.78, 5) is 27.1. The quantitative estimate of drug-likeness (QED) is 0.660. The van der Waals surface area contributed by atoms with E-state index in [4.69, 9.17) is 14.6 Å². The Bertz CT molecular complexity index is 760. The molecule has 0 saturated carbocycles. The van der Waals surface area contributed by atoms with Gasteiger partial charge in [-0.05, 0) is 31.5 Å². The van der Waals surface area contributed by atoms with Crippen LogP contribution in [-0.2, 0) is 6.42 Å². The minimum absolute atomic E-state index is 0.0281. The third-order valence-electron chi connectivity index (χ3n) is 3.36. The molecular formula is C18H22N2O5S. The lowest BCUT2D eigenvalue weighted by Crippen LogP contribution is -2.25. The number of hydrogen-bond acceptors (Lipinski definition) is 6. The molecule has 0 fully saturated rings. The molecular weight excluding hydrogens is 356 g/mol. The van der Waals surface area contributed by atoms with Crippen LogP contribution in [0, 0.1) is 0 Å². The van der Waals surface area contributed by atoms with Crippen molar-refractivity contribution in [2.75, 3.05) is 19.8 Å². The molecule has 0 spiro atoms. The number of benzene rings is 1. The molecule has 1 aromatic heterocycles. The summed E-state index contributed by atoms with van der Waals surface area (Å²) in [5.41, 5.74) is 0.503. The van der Waals surface area contributed by atoms with Gasteiger partial charge in [-0.1, -0.05) is 6.92 Å². The first-order valence-corrected chi connectivity index (χ1v) is 9.28. The minimum atomic E-state index is -1.05. The molecule has 140 valence electrons. The van der Waals surface area contributed by atoms with Gasteiger partial charge >= 0.3 is 5.97 Å². The predicted octanol–water partition coefficient (Wildman–Crippen LogP) is 3.00. The number of carbonyl (C=O) groups excluding carboxylic acids is 1. The molecule has 8 heteroatoms. The van der Waals surface area contributed by atoms with E-state index in [2.05, 4.69) is 10.3 Å². The largest absolute Gasteiger partial charge is 0.490 e. The Morgan fingerprint density at radius 2 is 2.04 bits per heavy atom. The van der Waals surface area contributed by atoms with Gasteiger partial charge in [0.05, 0.1) is 18.2 Å². The number of ether oxygens (including phenoxy) is 2. The van der Waals surface area contributed by atoms with E-state index in [1.54, 1.807) is 18.2 Å². The number of aromatic nitrogens is 1. The van der Waals surface area contributed by atoms with E-state index in [0.29, 0.717) is 48.2 Å². The number of amides is 1. The first-order valence-electron chi connectivity index (χ1n) is 8.40. The molecule has 0 aliphatic rings. The maximum Gasteiger partial charge on any atom is 0.355 e. The molecule has 0 radical (unpaired) electrons. The van der Waals surface area contributed by atoms with Crippen LogP contribution >= 0.6 is 11.3 Å². The van der Waals surface area contributed by atoms with Gasteiger partial charge < -0.3 is 19.9 Å². The van der Waals surface area contributed by atoms with Gasteiger partial charge in [0, 0.05) is 23.9 Å². The Hall–Kier alpha value is -2.61. The molecule has 1 amide bonds. The number of nitrogens with one attached hydrogen (secondary N) is 1. The van der Waals surface area contributed by atoms with Crippen molar-refractivity contribution in [3.05, 3.63) is 39.8 Å². The highest BCUT2D eigenvalue weighted by molar-refractivity contribution is 7.09. The number of aromatic carboxylic acids is 1. The number of carboxylic acid groups (broad SMARTS) is 1. The average Bonchev–Trinajstić information content (AvgIpc) is 3.10. The molecule has 0 bridgehead atoms. The standard InChI is InChI=1S/C18H22N2O5S/c1-3-9-25-14-6-5-12(10-15(14)24-4-2)17(21)19-8-7-16-20-13(11-26-16)18(22)23/h5-6,10-11H,3-4,7-9H2,1-2H3,(H,19,21)(H,22,23). The fraction of sp³-hybridized carbons (Fsp3) is 0.389. The van der Waals surface area contributed by atoms with E-state index in [1.165, 1.54) is 16.7 Å². The number of carbonyl (C=O) groups is 2. The van der Waals surface area contributed by atoms with E-state index in [0.717, 1.165) is 6.42 Å². The zero-order valence-electron chi connectivity index (χ0n) is 14.8. The summed E-state index contributed by atoms with van der Waals surface area (Å²) in [7, 11) is 0. The van der Waals surface area contributed by atoms with Crippen molar-refractivity contribution >= 4 is 23.2 Å². The summed E-state index contributed by atoms with van der Waals surface area (Å²) in [5.74, 6) is -0.123. The third-order valence-corrected chi connectivity index (χ3v) is 4.27. The lowest BCUT2D eigenvalue weighted by molar-refractivity contribution is 0.0690. The zero-order valence-corrected chi connectivity index (χ0v) is 15.6. The fourth-order valence-electron chi connectivity index (χ4n) is 2.16. The second-order valence-corrected chi connectivity index (χ2v) is 6.32. The van der Waals surface area contributed by atoms with Crippen LogP contribution in [0.5, 0.6) is 11.5 Å². The summed E-state index contributed by atoms with van der Waals surface area (Å²) in [6.07, 6.45) is 1.36. The zero-order chi connectivity index (χ0) is 18.9. The van der Waals surface area contributed by atoms with Crippen molar-refractivity contribution in [3.63, 3.8) is 0 Å². The van der Waals surface area contributed by atoms with Gasteiger partial charge in [-0.15, -0.1) is 11.3 Å². The Morgan fingerprint density at radius 3 is 2.69 bits per heavy atom. The first kappa shape index (κ1) is 19.7. The molecule has 2 rings (SSSR count). The molecule has 0 unspecified atom stereocenters. The summed E-state index contributed by atoms with van der Waals surface area (Å²) in [5, 5.41) is 13.8. The Morgan fingerprint density at radius 1 is 1.23 bits per heavy atom. The second-order valence-electron chi connectivity index (χ2n) is 5.38. The van der Waals surface area contributed by atoms with Crippen LogP contribution in [0.15, 0.2) is 23.6 Å². The van der Waals surface area contributed by atoms with E-state index in [9.17, 15) is 9.59 Å². The van der Waals surface area contributed by atoms with Crippen LogP contribution in [0.2, 0.25) is 0 Å². The Balaban J connectivity index is 1.95. The molecule has 2 N–H and O–H groups in total. The molecule has 2 aromatic rings. The van der Waals surface area contributed by atoms with Crippen molar-refractivity contribution in [1.82, 2.24) is 10.3 Å². The molecule has 7 nitrogen and oxygen atoms in total. The van der Waals surface area contributed by atoms with Gasteiger partial charge in [-0.25, -0.2) is 9.78 Å². The lowest BCUT2D eigenvalue weighted by atomic mass is 10.2. The van der Waals surface area contributed by atoms with Crippen LogP contribution in [0.25, 0.3) is 0 Å². The van der Waals surface area contributed by atoms with Crippen LogP contribution in [0.3, 0.4) is 0 Å². The van der Waals surface area contributed by atoms with E-state index in [1.807, 2.05) is 13.8 Å². The van der Waals surface area contributed by atoms with Gasteiger partial charge in [0.2, 0.25) is 0 Å². The number of hydrogen-bond donors (Lipinski definition) is 2. The smallest absolute Gasteiger partial charge is 0.355 e. The van der Waals surface area contributed by atoms with Crippen molar-refractivity contribution in [1.29, 1.82) is 0 Å². The molecule has 26 heavy (non-hydrogen) atoms. The van der Waals surface area contributed by atoms with Crippen molar-refractivity contribution in [3.8, 4) is 11.5 Å². The lowest BCUT2D eigenvalue weighted by Gasteiger charge is -2.13. The average molecular weight is 378 g/mol. The fourth-order valence-corrected chi connectivity index (χ4v) is 2.93. The number of carboxylic acids is 1. The van der Waals surface area contributed by atoms with E-state index < -0.39 is 5.97 Å². The summed E-state index contributed by atoms with van der Waals surface area (Å²) in [6.45, 7) is 5.31. The van der Waals surface area contributed by atoms with Crippen molar-refractivity contribution in [2.24, 2.45) is 0 Å². The summed E-state index contributed by atoms with van der Waals surface area (Å²) in [6, 6.07) is 5.08. The molecule has 0 saturated heterocycles. The second kappa shape index (κ2) is 9.76. The van der Waals surface area contributed by atoms with Gasteiger partial charge in [-0.3, -0.25) is 4.79 Å². The highest BCUT2D eigenvalue weighted by atomic mass is 32.1. The maximum absolute atomic E-state index is 12.3. The predicted molar refractivity (Wildman–Crippen MR) is 98.5 cm³/mol. The van der Waals surface area contributed by atoms with Crippen LogP contribution in [0.4, 0.5) is 0 Å². The van der Waals surface area contributed by atoms with Gasteiger partial charge in [0.1, 0.15) is 0 Å². The van der Waals surface area contributed by atoms with Crippen molar-refractivity contribution in [2.45, 2.75) is 26.7 Å². The van der Waals surface area contributed by atoms with Crippen LogP contribution < -0.4 is 14.8 Å². The van der Waals surface area contributed by atoms with Crippen molar-refractivity contribution < 1.29 is 24.2 Å². The molecule has 0 aliphatic heterocycles. The normalized spacial score (nSPS) is 10.4. The molecule has 0 aliphatic carbocycles. The molecule has 1 aromatic carbocycles.